The van der Waals surface area contributed by atoms with Crippen molar-refractivity contribution >= 4 is 18.2 Å². The van der Waals surface area contributed by atoms with E-state index in [4.69, 9.17) is 10.5 Å². The predicted molar refractivity (Wildman–Crippen MR) is 89.4 cm³/mol. The Balaban J connectivity index is 1.79. The third-order valence-corrected chi connectivity index (χ3v) is 3.34. The van der Waals surface area contributed by atoms with E-state index in [0.717, 1.165) is 11.3 Å². The minimum Gasteiger partial charge on any atom is -0.443 e. The molecule has 3 N–H and O–H groups in total. The molecule has 0 aliphatic carbocycles. The Morgan fingerprint density at radius 3 is 2.78 bits per heavy atom. The topological polar surface area (TPSA) is 73.2 Å². The summed E-state index contributed by atoms with van der Waals surface area (Å²) in [5.41, 5.74) is 7.56. The van der Waals surface area contributed by atoms with E-state index in [-0.39, 0.29) is 0 Å². The first-order chi connectivity index (χ1) is 11.2. The maximum Gasteiger partial charge on any atom is 0.407 e. The van der Waals surface area contributed by atoms with Gasteiger partial charge in [-0.3, -0.25) is 0 Å². The summed E-state index contributed by atoms with van der Waals surface area (Å²) in [5, 5.41) is 2.56. The van der Waals surface area contributed by atoms with Crippen molar-refractivity contribution in [1.82, 2.24) is 9.88 Å². The number of amides is 1. The largest absolute Gasteiger partial charge is 0.443 e. The molecule has 6 nitrogen and oxygen atoms in total. The van der Waals surface area contributed by atoms with Gasteiger partial charge in [0.15, 0.2) is 25.5 Å². The Labute approximate surface area is 136 Å². The van der Waals surface area contributed by atoms with Crippen molar-refractivity contribution in [3.8, 4) is 0 Å². The molecular weight excluding hydrogens is 292 g/mol. The number of aryl methyl sites for hydroxylation is 1. The number of carbonyl (C=O) groups excluding carboxylic acids is 1. The molecule has 0 saturated heterocycles. The van der Waals surface area contributed by atoms with Gasteiger partial charge in [-0.2, -0.15) is 0 Å². The first-order valence-electron chi connectivity index (χ1n) is 7.58. The van der Waals surface area contributed by atoms with Gasteiger partial charge in [-0.05, 0) is 23.8 Å². The van der Waals surface area contributed by atoms with Gasteiger partial charge in [-0.25, -0.2) is 9.36 Å². The van der Waals surface area contributed by atoms with Crippen LogP contribution >= 0.6 is 0 Å². The highest BCUT2D eigenvalue weighted by Crippen LogP contribution is 2.06. The number of pyridine rings is 1. The lowest BCUT2D eigenvalue weighted by molar-refractivity contribution is -0.697. The quantitative estimate of drug-likeness (QED) is 0.753. The van der Waals surface area contributed by atoms with E-state index in [1.807, 2.05) is 48.4 Å². The molecule has 0 fully saturated rings. The van der Waals surface area contributed by atoms with Crippen LogP contribution in [0, 0.1) is 0 Å². The number of nitrogens with two attached hydrogens (primary N) is 1. The number of ether oxygens (including phenoxy) is 1. The van der Waals surface area contributed by atoms with Crippen molar-refractivity contribution in [2.24, 2.45) is 12.8 Å². The number of aromatic nitrogens is 2. The van der Waals surface area contributed by atoms with E-state index in [2.05, 4.69) is 28.1 Å². The van der Waals surface area contributed by atoms with Crippen LogP contribution in [0.4, 0.5) is 4.79 Å². The fourth-order valence-electron chi connectivity index (χ4n) is 2.03. The highest BCUT2D eigenvalue weighted by atomic mass is 16.5. The van der Waals surface area contributed by atoms with E-state index >= 15 is 0 Å². The molecule has 0 radical (unpaired) electrons. The van der Waals surface area contributed by atoms with Crippen LogP contribution in [-0.2, 0) is 18.3 Å². The Hall–Kier alpha value is -2.60. The molecular formula is C17H23N4O2+. The Kier molecular flexibility index (Phi) is 6.38. The molecule has 0 unspecified atom stereocenters. The molecule has 0 aromatic carbocycles. The molecule has 0 spiro atoms. The first kappa shape index (κ1) is 16.8. The van der Waals surface area contributed by atoms with Crippen LogP contribution in [0.25, 0.3) is 12.2 Å². The normalized spacial score (nSPS) is 10.9. The molecule has 2 aromatic rings. The average Bonchev–Trinajstić information content (AvgIpc) is 2.97. The SMILES string of the molecule is Cn1cccc1C=Cc1cc[n+](CCOC(=O)NCCN)cc1. The van der Waals surface area contributed by atoms with E-state index in [1.54, 1.807) is 0 Å². The molecule has 2 heterocycles. The number of alkyl carbamates (subject to hydrolysis) is 1. The van der Waals surface area contributed by atoms with E-state index in [1.165, 1.54) is 0 Å². The smallest absolute Gasteiger partial charge is 0.407 e. The third kappa shape index (κ3) is 5.60. The summed E-state index contributed by atoms with van der Waals surface area (Å²) >= 11 is 0. The standard InChI is InChI=1S/C17H22N4O2/c1-20-10-2-3-16(20)5-4-15-6-11-21(12-7-15)13-14-23-17(22)19-9-8-18/h2-7,10-12H,8-9,13-14,18H2,1H3/p+1. The first-order valence-corrected chi connectivity index (χ1v) is 7.58. The lowest BCUT2D eigenvalue weighted by Crippen LogP contribution is -2.37. The van der Waals surface area contributed by atoms with Crippen LogP contribution in [0.3, 0.4) is 0 Å². The van der Waals surface area contributed by atoms with E-state index < -0.39 is 6.09 Å². The van der Waals surface area contributed by atoms with Gasteiger partial charge < -0.3 is 20.4 Å². The van der Waals surface area contributed by atoms with Gasteiger partial charge in [0.2, 0.25) is 0 Å². The molecule has 0 aliphatic rings. The van der Waals surface area contributed by atoms with E-state index in [0.29, 0.717) is 26.2 Å². The average molecular weight is 315 g/mol. The maximum atomic E-state index is 11.3. The highest BCUT2D eigenvalue weighted by Gasteiger charge is 2.04. The van der Waals surface area contributed by atoms with Crippen LogP contribution in [0.1, 0.15) is 11.3 Å². The summed E-state index contributed by atoms with van der Waals surface area (Å²) in [6, 6.07) is 8.12. The van der Waals surface area contributed by atoms with Crippen molar-refractivity contribution in [3.63, 3.8) is 0 Å². The summed E-state index contributed by atoms with van der Waals surface area (Å²) in [5.74, 6) is 0. The van der Waals surface area contributed by atoms with Crippen LogP contribution in [0.2, 0.25) is 0 Å². The number of rotatable bonds is 7. The number of hydrogen-bond acceptors (Lipinski definition) is 3. The summed E-state index contributed by atoms with van der Waals surface area (Å²) in [7, 11) is 2.02. The number of nitrogens with zero attached hydrogens (tertiary/aromatic N) is 2. The third-order valence-electron chi connectivity index (χ3n) is 3.34. The van der Waals surface area contributed by atoms with Gasteiger partial charge in [-0.15, -0.1) is 0 Å². The maximum absolute atomic E-state index is 11.3. The minimum absolute atomic E-state index is 0.319. The summed E-state index contributed by atoms with van der Waals surface area (Å²) < 4.78 is 9.08. The lowest BCUT2D eigenvalue weighted by atomic mass is 10.2. The molecule has 0 saturated carbocycles. The zero-order chi connectivity index (χ0) is 16.5. The Morgan fingerprint density at radius 2 is 2.13 bits per heavy atom. The summed E-state index contributed by atoms with van der Waals surface area (Å²) in [4.78, 5) is 11.3. The number of hydrogen-bond donors (Lipinski definition) is 2. The van der Waals surface area contributed by atoms with Crippen molar-refractivity contribution in [2.75, 3.05) is 19.7 Å². The van der Waals surface area contributed by atoms with Crippen molar-refractivity contribution in [1.29, 1.82) is 0 Å². The Bertz CT molecular complexity index is 647. The fraction of sp³-hybridized carbons (Fsp3) is 0.294. The predicted octanol–water partition coefficient (Wildman–Crippen LogP) is 1.17. The van der Waals surface area contributed by atoms with Crippen molar-refractivity contribution in [2.45, 2.75) is 6.54 Å². The van der Waals surface area contributed by atoms with Crippen molar-refractivity contribution in [3.05, 3.63) is 54.1 Å². The second-order valence-corrected chi connectivity index (χ2v) is 5.10. The van der Waals surface area contributed by atoms with Gasteiger partial charge in [0, 0.05) is 44.2 Å². The Morgan fingerprint density at radius 1 is 1.35 bits per heavy atom. The fourth-order valence-corrected chi connectivity index (χ4v) is 2.03. The zero-order valence-electron chi connectivity index (χ0n) is 13.3. The van der Waals surface area contributed by atoms with Crippen LogP contribution in [-0.4, -0.2) is 30.4 Å². The van der Waals surface area contributed by atoms with Gasteiger partial charge >= 0.3 is 6.09 Å². The van der Waals surface area contributed by atoms with Gasteiger partial charge in [0.1, 0.15) is 0 Å². The highest BCUT2D eigenvalue weighted by molar-refractivity contribution is 5.68. The monoisotopic (exact) mass is 315 g/mol. The molecule has 2 aromatic heterocycles. The van der Waals surface area contributed by atoms with Gasteiger partial charge in [0.05, 0.1) is 0 Å². The van der Waals surface area contributed by atoms with Crippen LogP contribution < -0.4 is 15.6 Å². The summed E-state index contributed by atoms with van der Waals surface area (Å²) in [6.45, 7) is 1.76. The van der Waals surface area contributed by atoms with Crippen LogP contribution in [0.15, 0.2) is 42.9 Å². The molecule has 23 heavy (non-hydrogen) atoms. The summed E-state index contributed by atoms with van der Waals surface area (Å²) in [6.07, 6.45) is 9.65. The molecule has 0 atom stereocenters. The molecule has 2 rings (SSSR count). The molecule has 1 amide bonds. The number of nitrogens with one attached hydrogen (secondary N) is 1. The van der Waals surface area contributed by atoms with Crippen LogP contribution in [0.5, 0.6) is 0 Å². The van der Waals surface area contributed by atoms with Crippen molar-refractivity contribution < 1.29 is 14.1 Å². The lowest BCUT2D eigenvalue weighted by Gasteiger charge is -2.04. The zero-order valence-corrected chi connectivity index (χ0v) is 13.3. The second kappa shape index (κ2) is 8.75. The molecule has 122 valence electrons. The molecule has 6 heteroatoms. The second-order valence-electron chi connectivity index (χ2n) is 5.10. The van der Waals surface area contributed by atoms with Gasteiger partial charge in [0.25, 0.3) is 0 Å². The molecule has 0 aliphatic heterocycles. The van der Waals surface area contributed by atoms with E-state index in [9.17, 15) is 4.79 Å². The van der Waals surface area contributed by atoms with Gasteiger partial charge in [-0.1, -0.05) is 6.08 Å². The minimum atomic E-state index is -0.432. The molecule has 0 bridgehead atoms. The number of carbonyl (C=O) groups is 1.